The smallest absolute Gasteiger partial charge is 0.228 e. The third-order valence-corrected chi connectivity index (χ3v) is 6.47. The van der Waals surface area contributed by atoms with Crippen LogP contribution < -0.4 is 9.47 Å². The minimum atomic E-state index is -0.325. The lowest BCUT2D eigenvalue weighted by atomic mass is 10.0. The van der Waals surface area contributed by atoms with Gasteiger partial charge in [-0.1, -0.05) is 18.2 Å². The zero-order chi connectivity index (χ0) is 22.7. The largest absolute Gasteiger partial charge is 0.493 e. The van der Waals surface area contributed by atoms with Crippen molar-refractivity contribution in [2.75, 3.05) is 33.9 Å². The summed E-state index contributed by atoms with van der Waals surface area (Å²) in [5.41, 5.74) is 1.99. The van der Waals surface area contributed by atoms with Crippen LogP contribution in [0.15, 0.2) is 42.5 Å². The van der Waals surface area contributed by atoms with Crippen molar-refractivity contribution in [2.45, 2.75) is 31.7 Å². The van der Waals surface area contributed by atoms with Gasteiger partial charge in [-0.05, 0) is 54.7 Å². The Hall–Kier alpha value is -3.09. The molecule has 2 aliphatic rings. The summed E-state index contributed by atoms with van der Waals surface area (Å²) in [4.78, 5) is 29.5. The summed E-state index contributed by atoms with van der Waals surface area (Å²) in [6.45, 7) is 1.67. The molecular weight excluding hydrogens is 411 g/mol. The average molecular weight is 441 g/mol. The van der Waals surface area contributed by atoms with E-state index in [1.807, 2.05) is 23.1 Å². The maximum atomic E-state index is 13.3. The summed E-state index contributed by atoms with van der Waals surface area (Å²) < 4.78 is 23.9. The Morgan fingerprint density at radius 1 is 1.09 bits per heavy atom. The van der Waals surface area contributed by atoms with Crippen LogP contribution in [0.4, 0.5) is 4.39 Å². The Morgan fingerprint density at radius 2 is 1.84 bits per heavy atom. The number of ether oxygens (including phenoxy) is 2. The van der Waals surface area contributed by atoms with Crippen molar-refractivity contribution in [3.8, 4) is 11.5 Å². The van der Waals surface area contributed by atoms with Gasteiger partial charge in [0.15, 0.2) is 11.5 Å². The van der Waals surface area contributed by atoms with Crippen molar-refractivity contribution in [1.82, 2.24) is 9.80 Å². The van der Waals surface area contributed by atoms with E-state index in [2.05, 4.69) is 0 Å². The van der Waals surface area contributed by atoms with Crippen LogP contribution >= 0.6 is 0 Å². The second kappa shape index (κ2) is 9.59. The number of hydrogen-bond acceptors (Lipinski definition) is 4. The number of benzene rings is 2. The molecule has 6 nitrogen and oxygen atoms in total. The molecule has 0 aromatic heterocycles. The maximum Gasteiger partial charge on any atom is 0.228 e. The molecule has 32 heavy (non-hydrogen) atoms. The molecule has 2 fully saturated rings. The fraction of sp³-hybridized carbons (Fsp3) is 0.440. The minimum absolute atomic E-state index is 0.0151. The van der Waals surface area contributed by atoms with Crippen LogP contribution in [-0.4, -0.2) is 55.5 Å². The summed E-state index contributed by atoms with van der Waals surface area (Å²) in [5.74, 6) is 0.761. The lowest BCUT2D eigenvalue weighted by molar-refractivity contribution is -0.136. The van der Waals surface area contributed by atoms with Crippen LogP contribution in [0, 0.1) is 11.7 Å². The number of methoxy groups -OCH3 is 2. The van der Waals surface area contributed by atoms with Crippen LogP contribution in [0.2, 0.25) is 0 Å². The molecule has 0 bridgehead atoms. The highest BCUT2D eigenvalue weighted by molar-refractivity contribution is 5.89. The molecule has 2 saturated heterocycles. The van der Waals surface area contributed by atoms with Crippen LogP contribution in [0.1, 0.15) is 36.4 Å². The quantitative estimate of drug-likeness (QED) is 0.660. The van der Waals surface area contributed by atoms with E-state index in [1.54, 1.807) is 31.3 Å². The topological polar surface area (TPSA) is 59.1 Å². The van der Waals surface area contributed by atoms with E-state index in [0.717, 1.165) is 24.0 Å². The molecule has 0 saturated carbocycles. The van der Waals surface area contributed by atoms with E-state index in [1.165, 1.54) is 12.1 Å². The zero-order valence-electron chi connectivity index (χ0n) is 18.6. The second-order valence-electron chi connectivity index (χ2n) is 8.42. The molecule has 2 unspecified atom stereocenters. The highest BCUT2D eigenvalue weighted by Crippen LogP contribution is 2.35. The first-order chi connectivity index (χ1) is 15.5. The molecule has 0 aliphatic carbocycles. The molecule has 4 rings (SSSR count). The van der Waals surface area contributed by atoms with Gasteiger partial charge in [-0.3, -0.25) is 9.59 Å². The van der Waals surface area contributed by atoms with Gasteiger partial charge in [-0.25, -0.2) is 4.39 Å². The van der Waals surface area contributed by atoms with Crippen molar-refractivity contribution in [3.63, 3.8) is 0 Å². The SMILES string of the molecule is COc1ccc(CCN2CC(C(=O)N3CCCC3c3ccc(F)cc3)CC2=O)cc1OC. The zero-order valence-corrected chi connectivity index (χ0v) is 18.6. The summed E-state index contributed by atoms with van der Waals surface area (Å²) in [6.07, 6.45) is 2.70. The fourth-order valence-corrected chi connectivity index (χ4v) is 4.75. The standard InChI is InChI=1S/C25H29FN2O4/c1-31-22-10-5-17(14-23(22)32-2)11-13-27-16-19(15-24(27)29)25(30)28-12-3-4-21(28)18-6-8-20(26)9-7-18/h5-10,14,19,21H,3-4,11-13,15-16H2,1-2H3. The van der Waals surface area contributed by atoms with Gasteiger partial charge in [0.05, 0.1) is 26.2 Å². The molecule has 170 valence electrons. The Labute approximate surface area is 187 Å². The molecule has 0 radical (unpaired) electrons. The van der Waals surface area contributed by atoms with Gasteiger partial charge < -0.3 is 19.3 Å². The number of carbonyl (C=O) groups is 2. The number of amides is 2. The molecule has 2 aromatic carbocycles. The highest BCUT2D eigenvalue weighted by atomic mass is 19.1. The number of rotatable bonds is 7. The first-order valence-corrected chi connectivity index (χ1v) is 11.0. The lowest BCUT2D eigenvalue weighted by Gasteiger charge is -2.27. The average Bonchev–Trinajstić information content (AvgIpc) is 3.44. The van der Waals surface area contributed by atoms with Gasteiger partial charge in [0.1, 0.15) is 5.82 Å². The van der Waals surface area contributed by atoms with E-state index in [-0.39, 0.29) is 36.0 Å². The Morgan fingerprint density at radius 3 is 2.56 bits per heavy atom. The number of hydrogen-bond donors (Lipinski definition) is 0. The molecule has 2 atom stereocenters. The van der Waals surface area contributed by atoms with Crippen LogP contribution in [0.5, 0.6) is 11.5 Å². The molecule has 7 heteroatoms. The van der Waals surface area contributed by atoms with Crippen LogP contribution in [0.3, 0.4) is 0 Å². The van der Waals surface area contributed by atoms with Crippen molar-refractivity contribution >= 4 is 11.8 Å². The Bertz CT molecular complexity index is 978. The van der Waals surface area contributed by atoms with Crippen molar-refractivity contribution in [2.24, 2.45) is 5.92 Å². The summed E-state index contributed by atoms with van der Waals surface area (Å²) in [5, 5.41) is 0. The molecule has 0 N–H and O–H groups in total. The minimum Gasteiger partial charge on any atom is -0.493 e. The predicted molar refractivity (Wildman–Crippen MR) is 118 cm³/mol. The first kappa shape index (κ1) is 22.1. The van der Waals surface area contributed by atoms with Gasteiger partial charge in [-0.15, -0.1) is 0 Å². The maximum absolute atomic E-state index is 13.3. The number of nitrogens with zero attached hydrogens (tertiary/aromatic N) is 2. The summed E-state index contributed by atoms with van der Waals surface area (Å²) >= 11 is 0. The van der Waals surface area contributed by atoms with Gasteiger partial charge in [-0.2, -0.15) is 0 Å². The lowest BCUT2D eigenvalue weighted by Crippen LogP contribution is -2.37. The molecular formula is C25H29FN2O4. The molecule has 2 aliphatic heterocycles. The van der Waals surface area contributed by atoms with Crippen LogP contribution in [0.25, 0.3) is 0 Å². The first-order valence-electron chi connectivity index (χ1n) is 11.0. The van der Waals surface area contributed by atoms with Gasteiger partial charge in [0, 0.05) is 26.1 Å². The van der Waals surface area contributed by atoms with Gasteiger partial charge in [0.2, 0.25) is 11.8 Å². The molecule has 2 heterocycles. The monoisotopic (exact) mass is 440 g/mol. The number of likely N-dealkylation sites (tertiary alicyclic amines) is 2. The van der Waals surface area contributed by atoms with E-state index >= 15 is 0 Å². The van der Waals surface area contributed by atoms with Crippen LogP contribution in [-0.2, 0) is 16.0 Å². The van der Waals surface area contributed by atoms with Gasteiger partial charge in [0.25, 0.3) is 0 Å². The van der Waals surface area contributed by atoms with Crippen molar-refractivity contribution in [3.05, 3.63) is 59.4 Å². The van der Waals surface area contributed by atoms with E-state index in [4.69, 9.17) is 9.47 Å². The fourth-order valence-electron chi connectivity index (χ4n) is 4.75. The summed E-state index contributed by atoms with van der Waals surface area (Å²) in [6, 6.07) is 12.1. The Balaban J connectivity index is 1.37. The summed E-state index contributed by atoms with van der Waals surface area (Å²) in [7, 11) is 3.19. The Kier molecular flexibility index (Phi) is 6.63. The van der Waals surface area contributed by atoms with E-state index in [0.29, 0.717) is 37.6 Å². The predicted octanol–water partition coefficient (Wildman–Crippen LogP) is 3.60. The number of carbonyl (C=O) groups excluding carboxylic acids is 2. The van der Waals surface area contributed by atoms with E-state index < -0.39 is 0 Å². The van der Waals surface area contributed by atoms with Crippen molar-refractivity contribution in [1.29, 1.82) is 0 Å². The van der Waals surface area contributed by atoms with Crippen molar-refractivity contribution < 1.29 is 23.5 Å². The van der Waals surface area contributed by atoms with E-state index in [9.17, 15) is 14.0 Å². The highest BCUT2D eigenvalue weighted by Gasteiger charge is 2.40. The number of halogens is 1. The molecule has 2 aromatic rings. The van der Waals surface area contributed by atoms with Gasteiger partial charge >= 0.3 is 0 Å². The second-order valence-corrected chi connectivity index (χ2v) is 8.42. The third kappa shape index (κ3) is 4.56. The third-order valence-electron chi connectivity index (χ3n) is 6.47. The normalized spacial score (nSPS) is 20.7. The molecule has 0 spiro atoms. The molecule has 2 amide bonds.